The van der Waals surface area contributed by atoms with Crippen molar-refractivity contribution in [2.24, 2.45) is 5.92 Å². The van der Waals surface area contributed by atoms with Gasteiger partial charge in [-0.25, -0.2) is 14.8 Å². The average molecular weight is 460 g/mol. The number of carbonyl (C=O) groups excluding carboxylic acids is 1. The van der Waals surface area contributed by atoms with Crippen LogP contribution in [0, 0.1) is 5.92 Å². The molecular formula is C19H30BrN3O5. The molecule has 1 amide bonds. The van der Waals surface area contributed by atoms with E-state index in [1.165, 1.54) is 0 Å². The molecule has 1 aromatic rings. The molecule has 1 fully saturated rings. The molecular weight excluding hydrogens is 430 g/mol. The smallest absolute Gasteiger partial charge is 0.410 e. The Kier molecular flexibility index (Phi) is 9.40. The highest BCUT2D eigenvalue weighted by Crippen LogP contribution is 2.19. The molecule has 0 radical (unpaired) electrons. The predicted molar refractivity (Wildman–Crippen MR) is 107 cm³/mol. The van der Waals surface area contributed by atoms with Gasteiger partial charge in [-0.05, 0) is 49.5 Å². The molecule has 0 aromatic carbocycles. The van der Waals surface area contributed by atoms with Crippen LogP contribution in [-0.2, 0) is 14.2 Å². The van der Waals surface area contributed by atoms with Crippen LogP contribution in [0.4, 0.5) is 4.79 Å². The standard InChI is InChI=1S/C19H30BrN3O5/c1-19(2,3)28-18(24)23-6-4-5-15(13-23)14-26-8-7-25-9-10-27-17-21-11-16(20)12-22-17/h11-12,15H,4-10,13-14H2,1-3H3. The number of hydrogen-bond acceptors (Lipinski definition) is 7. The number of nitrogens with zero attached hydrogens (tertiary/aromatic N) is 3. The minimum atomic E-state index is -0.467. The topological polar surface area (TPSA) is 83.0 Å². The van der Waals surface area contributed by atoms with Crippen LogP contribution in [0.3, 0.4) is 0 Å². The summed E-state index contributed by atoms with van der Waals surface area (Å²) in [7, 11) is 0. The van der Waals surface area contributed by atoms with Gasteiger partial charge in [0.05, 0.1) is 30.9 Å². The molecule has 1 atom stereocenters. The van der Waals surface area contributed by atoms with Gasteiger partial charge in [0.15, 0.2) is 0 Å². The minimum absolute atomic E-state index is 0.240. The number of halogens is 1. The zero-order valence-corrected chi connectivity index (χ0v) is 18.4. The number of ether oxygens (including phenoxy) is 4. The lowest BCUT2D eigenvalue weighted by Gasteiger charge is -2.34. The Balaban J connectivity index is 1.51. The fourth-order valence-corrected chi connectivity index (χ4v) is 2.93. The normalized spacial score (nSPS) is 17.4. The Bertz CT molecular complexity index is 594. The van der Waals surface area contributed by atoms with E-state index in [1.54, 1.807) is 17.3 Å². The molecule has 2 heterocycles. The summed E-state index contributed by atoms with van der Waals surface area (Å²) in [6.45, 7) is 9.52. The summed E-state index contributed by atoms with van der Waals surface area (Å²) in [5, 5.41) is 0. The molecule has 1 aromatic heterocycles. The van der Waals surface area contributed by atoms with E-state index in [-0.39, 0.29) is 6.09 Å². The monoisotopic (exact) mass is 459 g/mol. The summed E-state index contributed by atoms with van der Waals surface area (Å²) >= 11 is 3.27. The van der Waals surface area contributed by atoms with E-state index in [1.807, 2.05) is 20.8 Å². The van der Waals surface area contributed by atoms with Crippen LogP contribution in [0.1, 0.15) is 33.6 Å². The van der Waals surface area contributed by atoms with Crippen LogP contribution in [0.5, 0.6) is 6.01 Å². The number of rotatable bonds is 9. The van der Waals surface area contributed by atoms with Gasteiger partial charge in [0, 0.05) is 31.4 Å². The van der Waals surface area contributed by atoms with Crippen molar-refractivity contribution in [3.05, 3.63) is 16.9 Å². The zero-order chi connectivity index (χ0) is 20.4. The summed E-state index contributed by atoms with van der Waals surface area (Å²) in [4.78, 5) is 22.0. The van der Waals surface area contributed by atoms with Gasteiger partial charge in [-0.15, -0.1) is 0 Å². The van der Waals surface area contributed by atoms with Gasteiger partial charge >= 0.3 is 12.1 Å². The van der Waals surface area contributed by atoms with Crippen LogP contribution in [0.2, 0.25) is 0 Å². The van der Waals surface area contributed by atoms with Crippen molar-refractivity contribution in [2.45, 2.75) is 39.2 Å². The third-order valence-electron chi connectivity index (χ3n) is 3.95. The van der Waals surface area contributed by atoms with Gasteiger partial charge in [0.1, 0.15) is 12.2 Å². The van der Waals surface area contributed by atoms with Crippen molar-refractivity contribution < 1.29 is 23.7 Å². The maximum absolute atomic E-state index is 12.2. The first-order valence-electron chi connectivity index (χ1n) is 9.57. The van der Waals surface area contributed by atoms with Gasteiger partial charge in [-0.1, -0.05) is 0 Å². The molecule has 0 aliphatic carbocycles. The number of piperidine rings is 1. The second-order valence-electron chi connectivity index (χ2n) is 7.65. The van der Waals surface area contributed by atoms with Crippen molar-refractivity contribution in [2.75, 3.05) is 46.1 Å². The Morgan fingerprint density at radius 3 is 2.57 bits per heavy atom. The quantitative estimate of drug-likeness (QED) is 0.523. The molecule has 9 heteroatoms. The van der Waals surface area contributed by atoms with Crippen LogP contribution in [0.15, 0.2) is 16.9 Å². The van der Waals surface area contributed by atoms with Crippen molar-refractivity contribution in [1.29, 1.82) is 0 Å². The maximum Gasteiger partial charge on any atom is 0.410 e. The summed E-state index contributed by atoms with van der Waals surface area (Å²) in [6, 6.07) is 0.329. The highest BCUT2D eigenvalue weighted by Gasteiger charge is 2.27. The zero-order valence-electron chi connectivity index (χ0n) is 16.9. The van der Waals surface area contributed by atoms with E-state index >= 15 is 0 Å². The summed E-state index contributed by atoms with van der Waals surface area (Å²) in [5.74, 6) is 0.333. The van der Waals surface area contributed by atoms with Gasteiger partial charge in [0.25, 0.3) is 0 Å². The predicted octanol–water partition coefficient (Wildman–Crippen LogP) is 3.30. The van der Waals surface area contributed by atoms with Crippen LogP contribution in [0.25, 0.3) is 0 Å². The SMILES string of the molecule is CC(C)(C)OC(=O)N1CCCC(COCCOCCOc2ncc(Br)cn2)C1. The maximum atomic E-state index is 12.2. The molecule has 0 saturated carbocycles. The van der Waals surface area contributed by atoms with Crippen LogP contribution >= 0.6 is 15.9 Å². The highest BCUT2D eigenvalue weighted by molar-refractivity contribution is 9.10. The third kappa shape index (κ3) is 9.16. The average Bonchev–Trinajstić information content (AvgIpc) is 2.64. The van der Waals surface area contributed by atoms with Crippen molar-refractivity contribution >= 4 is 22.0 Å². The second-order valence-corrected chi connectivity index (χ2v) is 8.57. The molecule has 2 rings (SSSR count). The minimum Gasteiger partial charge on any atom is -0.461 e. The van der Waals surface area contributed by atoms with Crippen molar-refractivity contribution in [3.63, 3.8) is 0 Å². The van der Waals surface area contributed by atoms with E-state index < -0.39 is 5.60 Å². The van der Waals surface area contributed by atoms with Gasteiger partial charge in [-0.2, -0.15) is 0 Å². The Hall–Kier alpha value is -1.45. The van der Waals surface area contributed by atoms with E-state index in [2.05, 4.69) is 25.9 Å². The first-order valence-corrected chi connectivity index (χ1v) is 10.4. The third-order valence-corrected chi connectivity index (χ3v) is 4.36. The Labute approximate surface area is 175 Å². The molecule has 8 nitrogen and oxygen atoms in total. The van der Waals surface area contributed by atoms with E-state index in [9.17, 15) is 4.79 Å². The largest absolute Gasteiger partial charge is 0.461 e. The Morgan fingerprint density at radius 1 is 1.18 bits per heavy atom. The highest BCUT2D eigenvalue weighted by atomic mass is 79.9. The van der Waals surface area contributed by atoms with E-state index in [0.717, 1.165) is 23.9 Å². The molecule has 1 saturated heterocycles. The first kappa shape index (κ1) is 22.8. The lowest BCUT2D eigenvalue weighted by Crippen LogP contribution is -2.43. The van der Waals surface area contributed by atoms with E-state index in [0.29, 0.717) is 51.5 Å². The number of carbonyl (C=O) groups is 1. The van der Waals surface area contributed by atoms with Gasteiger partial charge < -0.3 is 23.8 Å². The second kappa shape index (κ2) is 11.5. The molecule has 0 spiro atoms. The van der Waals surface area contributed by atoms with Crippen molar-refractivity contribution in [1.82, 2.24) is 14.9 Å². The summed E-state index contributed by atoms with van der Waals surface area (Å²) in [6.07, 6.45) is 5.05. The van der Waals surface area contributed by atoms with Gasteiger partial charge in [0.2, 0.25) is 0 Å². The summed E-state index contributed by atoms with van der Waals surface area (Å²) in [5.41, 5.74) is -0.467. The number of amides is 1. The fourth-order valence-electron chi connectivity index (χ4n) is 2.73. The first-order chi connectivity index (χ1) is 13.3. The molecule has 0 N–H and O–H groups in total. The Morgan fingerprint density at radius 2 is 1.86 bits per heavy atom. The molecule has 1 unspecified atom stereocenters. The molecule has 0 bridgehead atoms. The molecule has 1 aliphatic rings. The van der Waals surface area contributed by atoms with Crippen molar-refractivity contribution in [3.8, 4) is 6.01 Å². The molecule has 158 valence electrons. The van der Waals surface area contributed by atoms with Gasteiger partial charge in [-0.3, -0.25) is 0 Å². The summed E-state index contributed by atoms with van der Waals surface area (Å²) < 4.78 is 22.8. The van der Waals surface area contributed by atoms with Crippen LogP contribution < -0.4 is 4.74 Å². The molecule has 28 heavy (non-hydrogen) atoms. The fraction of sp³-hybridized carbons (Fsp3) is 0.737. The number of hydrogen-bond donors (Lipinski definition) is 0. The number of likely N-dealkylation sites (tertiary alicyclic amines) is 1. The molecule has 1 aliphatic heterocycles. The van der Waals surface area contributed by atoms with E-state index in [4.69, 9.17) is 18.9 Å². The van der Waals surface area contributed by atoms with Crippen LogP contribution in [-0.4, -0.2) is 72.7 Å². The lowest BCUT2D eigenvalue weighted by molar-refractivity contribution is -0.00290. The lowest BCUT2D eigenvalue weighted by atomic mass is 9.99. The number of aromatic nitrogens is 2.